The van der Waals surface area contributed by atoms with E-state index in [-0.39, 0.29) is 0 Å². The Morgan fingerprint density at radius 3 is 1.95 bits per heavy atom. The van der Waals surface area contributed by atoms with Crippen molar-refractivity contribution in [2.75, 3.05) is 0 Å². The quantitative estimate of drug-likeness (QED) is 0.451. The van der Waals surface area contributed by atoms with E-state index in [4.69, 9.17) is 0 Å². The molecule has 0 aliphatic rings. The number of nitrogens with zero attached hydrogens (tertiary/aromatic N) is 1. The average molecular weight is 283 g/mol. The summed E-state index contributed by atoms with van der Waals surface area (Å²) < 4.78 is 2.34. The van der Waals surface area contributed by atoms with Crippen molar-refractivity contribution < 1.29 is 0 Å². The zero-order chi connectivity index (χ0) is 14.9. The summed E-state index contributed by atoms with van der Waals surface area (Å²) in [6.45, 7) is 2.20. The third-order valence-electron chi connectivity index (χ3n) is 4.19. The standard InChI is InChI=1S/C21H17N/c1-16-21(17-10-4-2-5-11-17)19-14-8-9-15-20(19)22(16)18-12-6-3-7-13-18/h2-15H,1H3. The number of aromatic nitrogens is 1. The molecule has 0 bridgehead atoms. The topological polar surface area (TPSA) is 4.93 Å². The van der Waals surface area contributed by atoms with E-state index in [0.29, 0.717) is 0 Å². The van der Waals surface area contributed by atoms with Crippen LogP contribution in [-0.4, -0.2) is 4.57 Å². The first kappa shape index (κ1) is 12.9. The minimum absolute atomic E-state index is 1.21. The second-order valence-corrected chi connectivity index (χ2v) is 5.51. The van der Waals surface area contributed by atoms with Crippen LogP contribution in [0.25, 0.3) is 27.7 Å². The van der Waals surface area contributed by atoms with Gasteiger partial charge in [-0.15, -0.1) is 0 Å². The molecule has 0 spiro atoms. The fourth-order valence-electron chi connectivity index (χ4n) is 3.25. The molecule has 0 saturated heterocycles. The van der Waals surface area contributed by atoms with Crippen molar-refractivity contribution in [2.24, 2.45) is 0 Å². The van der Waals surface area contributed by atoms with Gasteiger partial charge in [-0.25, -0.2) is 0 Å². The lowest BCUT2D eigenvalue weighted by molar-refractivity contribution is 1.06. The molecule has 0 saturated carbocycles. The molecule has 1 heterocycles. The Labute approximate surface area is 130 Å². The molecule has 0 radical (unpaired) electrons. The highest BCUT2D eigenvalue weighted by Crippen LogP contribution is 2.36. The van der Waals surface area contributed by atoms with Gasteiger partial charge in [0.1, 0.15) is 0 Å². The highest BCUT2D eigenvalue weighted by molar-refractivity contribution is 5.99. The summed E-state index contributed by atoms with van der Waals surface area (Å²) in [5.74, 6) is 0. The van der Waals surface area contributed by atoms with Crippen molar-refractivity contribution in [3.8, 4) is 16.8 Å². The molecular formula is C21H17N. The molecule has 0 N–H and O–H groups in total. The van der Waals surface area contributed by atoms with E-state index in [1.165, 1.54) is 33.4 Å². The number of rotatable bonds is 2. The second kappa shape index (κ2) is 5.19. The van der Waals surface area contributed by atoms with Gasteiger partial charge in [0.05, 0.1) is 5.52 Å². The maximum Gasteiger partial charge on any atom is 0.0537 e. The van der Waals surface area contributed by atoms with E-state index >= 15 is 0 Å². The van der Waals surface area contributed by atoms with Crippen LogP contribution in [0.4, 0.5) is 0 Å². The second-order valence-electron chi connectivity index (χ2n) is 5.51. The highest BCUT2D eigenvalue weighted by Gasteiger charge is 2.15. The predicted octanol–water partition coefficient (Wildman–Crippen LogP) is 5.61. The Kier molecular flexibility index (Phi) is 3.05. The molecule has 106 valence electrons. The third-order valence-corrected chi connectivity index (χ3v) is 4.19. The largest absolute Gasteiger partial charge is 0.313 e. The smallest absolute Gasteiger partial charge is 0.0537 e. The monoisotopic (exact) mass is 283 g/mol. The number of para-hydroxylation sites is 2. The van der Waals surface area contributed by atoms with Gasteiger partial charge in [-0.05, 0) is 30.7 Å². The van der Waals surface area contributed by atoms with E-state index in [9.17, 15) is 0 Å². The number of hydrogen-bond acceptors (Lipinski definition) is 0. The van der Waals surface area contributed by atoms with Gasteiger partial charge >= 0.3 is 0 Å². The number of benzene rings is 3. The van der Waals surface area contributed by atoms with Gasteiger partial charge < -0.3 is 4.57 Å². The predicted molar refractivity (Wildman–Crippen MR) is 93.4 cm³/mol. The van der Waals surface area contributed by atoms with E-state index < -0.39 is 0 Å². The molecule has 4 aromatic rings. The first-order chi connectivity index (χ1) is 10.9. The van der Waals surface area contributed by atoms with E-state index in [0.717, 1.165) is 0 Å². The van der Waals surface area contributed by atoms with Gasteiger partial charge in [-0.1, -0.05) is 66.7 Å². The Morgan fingerprint density at radius 1 is 0.636 bits per heavy atom. The highest BCUT2D eigenvalue weighted by atomic mass is 15.0. The molecule has 0 aliphatic heterocycles. The summed E-state index contributed by atoms with van der Waals surface area (Å²) in [5, 5.41) is 1.30. The summed E-state index contributed by atoms with van der Waals surface area (Å²) in [4.78, 5) is 0. The van der Waals surface area contributed by atoms with Crippen LogP contribution in [0.2, 0.25) is 0 Å². The summed E-state index contributed by atoms with van der Waals surface area (Å²) in [6, 6.07) is 29.8. The normalized spacial score (nSPS) is 11.0. The van der Waals surface area contributed by atoms with Gasteiger partial charge in [0.15, 0.2) is 0 Å². The Balaban J connectivity index is 2.10. The molecule has 1 aromatic heterocycles. The van der Waals surface area contributed by atoms with Gasteiger partial charge in [0.25, 0.3) is 0 Å². The van der Waals surface area contributed by atoms with Crippen LogP contribution in [0.5, 0.6) is 0 Å². The summed E-state index contributed by atoms with van der Waals surface area (Å²) in [6.07, 6.45) is 0. The lowest BCUT2D eigenvalue weighted by Gasteiger charge is -2.08. The van der Waals surface area contributed by atoms with Gasteiger partial charge in [-0.3, -0.25) is 0 Å². The molecular weight excluding hydrogens is 266 g/mol. The van der Waals surface area contributed by atoms with Crippen molar-refractivity contribution in [1.82, 2.24) is 4.57 Å². The Hall–Kier alpha value is -2.80. The number of hydrogen-bond donors (Lipinski definition) is 0. The zero-order valence-electron chi connectivity index (χ0n) is 12.5. The lowest BCUT2D eigenvalue weighted by atomic mass is 10.0. The fraction of sp³-hybridized carbons (Fsp3) is 0.0476. The van der Waals surface area contributed by atoms with Crippen LogP contribution in [0.15, 0.2) is 84.9 Å². The molecule has 0 aliphatic carbocycles. The Bertz CT molecular complexity index is 842. The van der Waals surface area contributed by atoms with Crippen molar-refractivity contribution in [3.05, 3.63) is 90.6 Å². The Morgan fingerprint density at radius 2 is 1.23 bits per heavy atom. The minimum Gasteiger partial charge on any atom is -0.313 e. The van der Waals surface area contributed by atoms with Crippen molar-refractivity contribution in [1.29, 1.82) is 0 Å². The van der Waals surface area contributed by atoms with Crippen LogP contribution in [0, 0.1) is 6.92 Å². The summed E-state index contributed by atoms with van der Waals surface area (Å²) >= 11 is 0. The van der Waals surface area contributed by atoms with E-state index in [2.05, 4.69) is 96.4 Å². The van der Waals surface area contributed by atoms with Gasteiger partial charge in [0, 0.05) is 22.3 Å². The van der Waals surface area contributed by atoms with Crippen molar-refractivity contribution in [2.45, 2.75) is 6.92 Å². The van der Waals surface area contributed by atoms with E-state index in [1.54, 1.807) is 0 Å². The first-order valence-electron chi connectivity index (χ1n) is 7.57. The van der Waals surface area contributed by atoms with Gasteiger partial charge in [0.2, 0.25) is 0 Å². The summed E-state index contributed by atoms with van der Waals surface area (Å²) in [7, 11) is 0. The third kappa shape index (κ3) is 1.94. The zero-order valence-corrected chi connectivity index (χ0v) is 12.5. The molecule has 0 amide bonds. The lowest BCUT2D eigenvalue weighted by Crippen LogP contribution is -1.96. The van der Waals surface area contributed by atoms with Crippen LogP contribution in [0.1, 0.15) is 5.69 Å². The molecule has 0 unspecified atom stereocenters. The first-order valence-corrected chi connectivity index (χ1v) is 7.57. The SMILES string of the molecule is Cc1c(-c2ccccc2)c2ccccc2n1-c1ccccc1. The van der Waals surface area contributed by atoms with Crippen LogP contribution in [-0.2, 0) is 0 Å². The molecule has 4 rings (SSSR count). The maximum atomic E-state index is 2.34. The molecule has 1 nitrogen and oxygen atoms in total. The van der Waals surface area contributed by atoms with Gasteiger partial charge in [-0.2, -0.15) is 0 Å². The molecule has 22 heavy (non-hydrogen) atoms. The van der Waals surface area contributed by atoms with E-state index in [1.807, 2.05) is 0 Å². The molecule has 0 fully saturated rings. The fourth-order valence-corrected chi connectivity index (χ4v) is 3.25. The molecule has 0 atom stereocenters. The average Bonchev–Trinajstić information content (AvgIpc) is 2.88. The van der Waals surface area contributed by atoms with Crippen molar-refractivity contribution in [3.63, 3.8) is 0 Å². The molecule has 1 heteroatoms. The van der Waals surface area contributed by atoms with Crippen LogP contribution >= 0.6 is 0 Å². The minimum atomic E-state index is 1.21. The number of fused-ring (bicyclic) bond motifs is 1. The maximum absolute atomic E-state index is 2.34. The van der Waals surface area contributed by atoms with Crippen molar-refractivity contribution >= 4 is 10.9 Å². The summed E-state index contributed by atoms with van der Waals surface area (Å²) in [5.41, 5.74) is 6.33. The molecule has 3 aromatic carbocycles. The van der Waals surface area contributed by atoms with Crippen LogP contribution in [0.3, 0.4) is 0 Å². The van der Waals surface area contributed by atoms with Crippen LogP contribution < -0.4 is 0 Å².